The Labute approximate surface area is 160 Å². The monoisotopic (exact) mass is 388 g/mol. The summed E-state index contributed by atoms with van der Waals surface area (Å²) in [4.78, 5) is 11.2. The summed E-state index contributed by atoms with van der Waals surface area (Å²) < 4.78 is 11.1. The van der Waals surface area contributed by atoms with Crippen LogP contribution in [0.5, 0.6) is 0 Å². The Hall–Kier alpha value is -0.693. The van der Waals surface area contributed by atoms with Gasteiger partial charge in [-0.05, 0) is 50.9 Å². The van der Waals surface area contributed by atoms with Crippen LogP contribution in [0.1, 0.15) is 66.7 Å². The lowest BCUT2D eigenvalue weighted by atomic mass is 10.0. The van der Waals surface area contributed by atoms with Gasteiger partial charge in [0.15, 0.2) is 8.32 Å². The molecule has 26 heavy (non-hydrogen) atoms. The van der Waals surface area contributed by atoms with Crippen LogP contribution in [-0.2, 0) is 14.0 Å². The van der Waals surface area contributed by atoms with Gasteiger partial charge in [0.1, 0.15) is 0 Å². The third kappa shape index (κ3) is 10.5. The summed E-state index contributed by atoms with van der Waals surface area (Å²) in [6.45, 7) is 15.4. The summed E-state index contributed by atoms with van der Waals surface area (Å²) in [7, 11) is -1.71. The molecular weight excluding hydrogens is 348 g/mol. The van der Waals surface area contributed by atoms with Gasteiger partial charge in [-0.3, -0.25) is 0 Å². The van der Waals surface area contributed by atoms with Crippen LogP contribution in [0.15, 0.2) is 12.2 Å². The maximum Gasteiger partial charge on any atom is 0.330 e. The van der Waals surface area contributed by atoms with Crippen molar-refractivity contribution in [3.63, 3.8) is 0 Å². The quantitative estimate of drug-likeness (QED) is 0.227. The molecule has 5 nitrogen and oxygen atoms in total. The van der Waals surface area contributed by atoms with Gasteiger partial charge in [0, 0.05) is 12.2 Å². The van der Waals surface area contributed by atoms with Crippen LogP contribution in [0.4, 0.5) is 0 Å². The van der Waals surface area contributed by atoms with E-state index in [1.54, 1.807) is 6.92 Å². The Bertz CT molecular complexity index is 428. The van der Waals surface area contributed by atoms with Crippen LogP contribution in [0.2, 0.25) is 18.1 Å². The number of carbonyl (C=O) groups is 1. The highest BCUT2D eigenvalue weighted by Gasteiger charge is 2.38. The minimum Gasteiger partial charge on any atom is -0.463 e. The van der Waals surface area contributed by atoms with E-state index in [0.29, 0.717) is 13.0 Å². The van der Waals surface area contributed by atoms with E-state index < -0.39 is 26.5 Å². The maximum absolute atomic E-state index is 11.2. The second-order valence-corrected chi connectivity index (χ2v) is 13.3. The Morgan fingerprint density at radius 3 is 2.23 bits per heavy atom. The van der Waals surface area contributed by atoms with Crippen LogP contribution in [-0.4, -0.2) is 49.4 Å². The van der Waals surface area contributed by atoms with E-state index in [2.05, 4.69) is 40.8 Å². The summed E-state index contributed by atoms with van der Waals surface area (Å²) >= 11 is 0. The molecule has 0 saturated carbocycles. The smallest absolute Gasteiger partial charge is 0.330 e. The first kappa shape index (κ1) is 25.3. The standard InChI is InChI=1S/C20H40O5Si/c1-8-24-19(23)15-14-18(22)17(21)13-11-9-10-12-16(2)25-26(6,7)20(3,4)5/h14-18,21-22H,8-13H2,1-7H3/b15-14+/t16-,17+,18+/m1/s1. The highest BCUT2D eigenvalue weighted by Crippen LogP contribution is 2.37. The first-order valence-corrected chi connectivity index (χ1v) is 12.7. The SMILES string of the molecule is CCOC(=O)/C=C/[C@H](O)[C@@H](O)CCCCC[C@@H](C)O[Si](C)(C)C(C)(C)C. The Morgan fingerprint density at radius 2 is 1.69 bits per heavy atom. The summed E-state index contributed by atoms with van der Waals surface area (Å²) in [5.74, 6) is -0.505. The molecule has 0 radical (unpaired) electrons. The number of aliphatic hydroxyl groups excluding tert-OH is 2. The number of aliphatic hydroxyl groups is 2. The second-order valence-electron chi connectivity index (χ2n) is 8.50. The molecular formula is C20H40O5Si. The van der Waals surface area contributed by atoms with E-state index >= 15 is 0 Å². The van der Waals surface area contributed by atoms with Crippen LogP contribution in [0.3, 0.4) is 0 Å². The average molecular weight is 389 g/mol. The molecule has 0 aliphatic carbocycles. The number of carbonyl (C=O) groups excluding carboxylic acids is 1. The van der Waals surface area contributed by atoms with Gasteiger partial charge >= 0.3 is 5.97 Å². The van der Waals surface area contributed by atoms with Crippen molar-refractivity contribution >= 4 is 14.3 Å². The van der Waals surface area contributed by atoms with Gasteiger partial charge in [-0.2, -0.15) is 0 Å². The molecule has 0 aliphatic rings. The van der Waals surface area contributed by atoms with Crippen LogP contribution in [0, 0.1) is 0 Å². The number of ether oxygens (including phenoxy) is 1. The second kappa shape index (κ2) is 11.9. The van der Waals surface area contributed by atoms with E-state index in [4.69, 9.17) is 9.16 Å². The zero-order valence-electron chi connectivity index (χ0n) is 17.7. The Kier molecular flexibility index (Phi) is 11.6. The molecule has 0 fully saturated rings. The van der Waals surface area contributed by atoms with Crippen molar-refractivity contribution in [2.75, 3.05) is 6.61 Å². The van der Waals surface area contributed by atoms with E-state index in [-0.39, 0.29) is 11.1 Å². The molecule has 0 unspecified atom stereocenters. The molecule has 0 amide bonds. The molecule has 0 rings (SSSR count). The van der Waals surface area contributed by atoms with Gasteiger partial charge < -0.3 is 19.4 Å². The van der Waals surface area contributed by atoms with Gasteiger partial charge in [-0.15, -0.1) is 0 Å². The lowest BCUT2D eigenvalue weighted by Crippen LogP contribution is -2.43. The highest BCUT2D eigenvalue weighted by atomic mass is 28.4. The molecule has 0 spiro atoms. The van der Waals surface area contributed by atoms with E-state index in [9.17, 15) is 15.0 Å². The van der Waals surface area contributed by atoms with Crippen molar-refractivity contribution in [3.05, 3.63) is 12.2 Å². The lowest BCUT2D eigenvalue weighted by Gasteiger charge is -2.38. The number of hydrogen-bond donors (Lipinski definition) is 2. The van der Waals surface area contributed by atoms with Gasteiger partial charge in [-0.25, -0.2) is 4.79 Å². The fourth-order valence-electron chi connectivity index (χ4n) is 2.37. The molecule has 6 heteroatoms. The number of unbranched alkanes of at least 4 members (excludes halogenated alkanes) is 2. The van der Waals surface area contributed by atoms with Crippen molar-refractivity contribution in [2.24, 2.45) is 0 Å². The fraction of sp³-hybridized carbons (Fsp3) is 0.850. The maximum atomic E-state index is 11.2. The van der Waals surface area contributed by atoms with E-state index in [1.165, 1.54) is 6.08 Å². The first-order valence-electron chi connectivity index (χ1n) is 9.79. The van der Waals surface area contributed by atoms with Crippen LogP contribution in [0.25, 0.3) is 0 Å². The van der Waals surface area contributed by atoms with Crippen molar-refractivity contribution in [1.29, 1.82) is 0 Å². The van der Waals surface area contributed by atoms with Crippen molar-refractivity contribution in [2.45, 2.75) is 103 Å². The Balaban J connectivity index is 4.00. The highest BCUT2D eigenvalue weighted by molar-refractivity contribution is 6.74. The number of esters is 1. The van der Waals surface area contributed by atoms with Crippen molar-refractivity contribution < 1.29 is 24.2 Å². The van der Waals surface area contributed by atoms with Gasteiger partial charge in [0.2, 0.25) is 0 Å². The molecule has 0 aromatic rings. The largest absolute Gasteiger partial charge is 0.463 e. The molecule has 0 aromatic carbocycles. The number of hydrogen-bond acceptors (Lipinski definition) is 5. The van der Waals surface area contributed by atoms with Crippen LogP contribution >= 0.6 is 0 Å². The van der Waals surface area contributed by atoms with Crippen molar-refractivity contribution in [1.82, 2.24) is 0 Å². The average Bonchev–Trinajstić information content (AvgIpc) is 2.50. The van der Waals surface area contributed by atoms with E-state index in [0.717, 1.165) is 31.8 Å². The predicted molar refractivity (Wildman–Crippen MR) is 109 cm³/mol. The summed E-state index contributed by atoms with van der Waals surface area (Å²) in [5, 5.41) is 20.0. The minimum absolute atomic E-state index is 0.221. The third-order valence-corrected chi connectivity index (χ3v) is 9.63. The molecule has 2 N–H and O–H groups in total. The molecule has 0 heterocycles. The zero-order chi connectivity index (χ0) is 20.4. The topological polar surface area (TPSA) is 76.0 Å². The molecule has 3 atom stereocenters. The van der Waals surface area contributed by atoms with Crippen molar-refractivity contribution in [3.8, 4) is 0 Å². The first-order chi connectivity index (χ1) is 11.9. The molecule has 0 aliphatic heterocycles. The zero-order valence-corrected chi connectivity index (χ0v) is 18.7. The van der Waals surface area contributed by atoms with Gasteiger partial charge in [0.25, 0.3) is 0 Å². The lowest BCUT2D eigenvalue weighted by molar-refractivity contribution is -0.137. The van der Waals surface area contributed by atoms with Gasteiger partial charge in [-0.1, -0.05) is 40.0 Å². The Morgan fingerprint density at radius 1 is 1.12 bits per heavy atom. The normalized spacial score (nSPS) is 16.5. The fourth-order valence-corrected chi connectivity index (χ4v) is 3.84. The number of rotatable bonds is 12. The minimum atomic E-state index is -1.71. The molecule has 154 valence electrons. The summed E-state index contributed by atoms with van der Waals surface area (Å²) in [5.41, 5.74) is 0. The summed E-state index contributed by atoms with van der Waals surface area (Å²) in [6, 6.07) is 0. The molecule has 0 aromatic heterocycles. The van der Waals surface area contributed by atoms with E-state index in [1.807, 2.05) is 0 Å². The molecule has 0 bridgehead atoms. The molecule has 0 saturated heterocycles. The van der Waals surface area contributed by atoms with Gasteiger partial charge in [0.05, 0.1) is 18.8 Å². The third-order valence-electron chi connectivity index (χ3n) is 5.02. The summed E-state index contributed by atoms with van der Waals surface area (Å²) in [6.07, 6.45) is 5.17. The van der Waals surface area contributed by atoms with Crippen LogP contribution < -0.4 is 0 Å². The predicted octanol–water partition coefficient (Wildman–Crippen LogP) is 4.19.